The Morgan fingerprint density at radius 2 is 2.00 bits per heavy atom. The van der Waals surface area contributed by atoms with Gasteiger partial charge in [0.1, 0.15) is 23.0 Å². The minimum atomic E-state index is -0.704. The second-order valence-electron chi connectivity index (χ2n) is 5.97. The van der Waals surface area contributed by atoms with Crippen molar-refractivity contribution in [3.63, 3.8) is 0 Å². The topological polar surface area (TPSA) is 86.7 Å². The van der Waals surface area contributed by atoms with Crippen LogP contribution in [0.5, 0.6) is 0 Å². The lowest BCUT2D eigenvalue weighted by molar-refractivity contribution is 0.0601. The van der Waals surface area contributed by atoms with Crippen molar-refractivity contribution in [3.8, 4) is 0 Å². The lowest BCUT2D eigenvalue weighted by atomic mass is 9.76. The van der Waals surface area contributed by atoms with Crippen molar-refractivity contribution >= 4 is 22.7 Å². The SMILES string of the molecule is COC(=O)c1coc2c3c(oc(=O)c12)CC(C)(C)CC3=O. The molecule has 0 atom stereocenters. The predicted molar refractivity (Wildman–Crippen MR) is 72.5 cm³/mol. The van der Waals surface area contributed by atoms with Gasteiger partial charge in [-0.2, -0.15) is 0 Å². The smallest absolute Gasteiger partial charge is 0.348 e. The second kappa shape index (κ2) is 4.31. The number of ketones is 1. The van der Waals surface area contributed by atoms with E-state index in [1.165, 1.54) is 7.11 Å². The number of esters is 1. The van der Waals surface area contributed by atoms with Gasteiger partial charge in [0.05, 0.1) is 12.7 Å². The average Bonchev–Trinajstić information content (AvgIpc) is 2.80. The van der Waals surface area contributed by atoms with Gasteiger partial charge < -0.3 is 13.6 Å². The fourth-order valence-corrected chi connectivity index (χ4v) is 2.77. The van der Waals surface area contributed by atoms with Crippen LogP contribution in [0.2, 0.25) is 0 Å². The van der Waals surface area contributed by atoms with E-state index in [2.05, 4.69) is 4.74 Å². The summed E-state index contributed by atoms with van der Waals surface area (Å²) in [4.78, 5) is 36.1. The highest BCUT2D eigenvalue weighted by atomic mass is 16.5. The van der Waals surface area contributed by atoms with Gasteiger partial charge in [-0.05, 0) is 5.41 Å². The summed E-state index contributed by atoms with van der Waals surface area (Å²) in [5.41, 5.74) is -0.614. The Hall–Kier alpha value is -2.37. The van der Waals surface area contributed by atoms with Gasteiger partial charge in [0, 0.05) is 12.8 Å². The third kappa shape index (κ3) is 1.98. The zero-order valence-corrected chi connectivity index (χ0v) is 11.9. The third-order valence-corrected chi connectivity index (χ3v) is 3.68. The zero-order chi connectivity index (χ0) is 15.4. The molecule has 0 spiro atoms. The van der Waals surface area contributed by atoms with E-state index in [9.17, 15) is 14.4 Å². The molecular weight excluding hydrogens is 276 g/mol. The molecule has 0 N–H and O–H groups in total. The van der Waals surface area contributed by atoms with Crippen LogP contribution in [0.4, 0.5) is 0 Å². The predicted octanol–water partition coefficient (Wildman–Crippen LogP) is 2.33. The Bertz CT molecular complexity index is 821. The van der Waals surface area contributed by atoms with Crippen molar-refractivity contribution in [3.05, 3.63) is 33.6 Å². The first-order valence-electron chi connectivity index (χ1n) is 6.53. The van der Waals surface area contributed by atoms with Gasteiger partial charge >= 0.3 is 11.6 Å². The summed E-state index contributed by atoms with van der Waals surface area (Å²) in [6, 6.07) is 0. The van der Waals surface area contributed by atoms with Crippen LogP contribution in [-0.4, -0.2) is 18.9 Å². The number of fused-ring (bicyclic) bond motifs is 3. The number of ether oxygens (including phenoxy) is 1. The number of carbonyl (C=O) groups excluding carboxylic acids is 2. The van der Waals surface area contributed by atoms with Crippen LogP contribution in [0, 0.1) is 5.41 Å². The van der Waals surface area contributed by atoms with Crippen LogP contribution in [0.15, 0.2) is 19.9 Å². The molecule has 0 bridgehead atoms. The van der Waals surface area contributed by atoms with Crippen molar-refractivity contribution in [1.82, 2.24) is 0 Å². The van der Waals surface area contributed by atoms with E-state index in [0.717, 1.165) is 6.26 Å². The number of hydrogen-bond acceptors (Lipinski definition) is 6. The molecule has 0 radical (unpaired) electrons. The summed E-state index contributed by atoms with van der Waals surface area (Å²) in [5.74, 6) is -0.537. The number of furan rings is 1. The average molecular weight is 290 g/mol. The van der Waals surface area contributed by atoms with Crippen LogP contribution in [-0.2, 0) is 11.2 Å². The summed E-state index contributed by atoms with van der Waals surface area (Å²) in [5, 5.41) is -0.0337. The van der Waals surface area contributed by atoms with Gasteiger partial charge in [-0.25, -0.2) is 9.59 Å². The van der Waals surface area contributed by atoms with E-state index < -0.39 is 11.6 Å². The number of carbonyl (C=O) groups is 2. The maximum absolute atomic E-state index is 12.3. The maximum atomic E-state index is 12.3. The highest BCUT2D eigenvalue weighted by Crippen LogP contribution is 2.37. The van der Waals surface area contributed by atoms with Crippen LogP contribution < -0.4 is 5.63 Å². The highest BCUT2D eigenvalue weighted by molar-refractivity contribution is 6.11. The van der Waals surface area contributed by atoms with Crippen LogP contribution in [0.3, 0.4) is 0 Å². The zero-order valence-electron chi connectivity index (χ0n) is 11.9. The molecule has 6 nitrogen and oxygen atoms in total. The van der Waals surface area contributed by atoms with E-state index >= 15 is 0 Å². The van der Waals surface area contributed by atoms with Crippen LogP contribution in [0.25, 0.3) is 11.0 Å². The minimum Gasteiger partial charge on any atom is -0.465 e. The lowest BCUT2D eigenvalue weighted by Gasteiger charge is -2.28. The highest BCUT2D eigenvalue weighted by Gasteiger charge is 2.36. The Labute approximate surface area is 119 Å². The first kappa shape index (κ1) is 13.6. The molecular formula is C15H14O6. The molecule has 1 aliphatic carbocycles. The molecule has 0 unspecified atom stereocenters. The number of Topliss-reactive ketones (excluding diaryl/α,β-unsaturated/α-hetero) is 1. The Kier molecular flexibility index (Phi) is 2.79. The molecule has 110 valence electrons. The monoisotopic (exact) mass is 290 g/mol. The van der Waals surface area contributed by atoms with Crippen molar-refractivity contribution in [2.75, 3.05) is 7.11 Å². The molecule has 21 heavy (non-hydrogen) atoms. The quantitative estimate of drug-likeness (QED) is 0.749. The molecule has 0 saturated carbocycles. The third-order valence-electron chi connectivity index (χ3n) is 3.68. The molecule has 1 aliphatic rings. The Morgan fingerprint density at radius 3 is 2.67 bits per heavy atom. The summed E-state index contributed by atoms with van der Waals surface area (Å²) in [6.07, 6.45) is 1.92. The maximum Gasteiger partial charge on any atom is 0.348 e. The Balaban J connectivity index is 2.34. The van der Waals surface area contributed by atoms with E-state index in [1.54, 1.807) is 0 Å². The molecule has 0 amide bonds. The van der Waals surface area contributed by atoms with Gasteiger partial charge in [0.25, 0.3) is 0 Å². The molecule has 2 heterocycles. The molecule has 0 aliphatic heterocycles. The minimum absolute atomic E-state index is 0.0262. The molecule has 0 aromatic carbocycles. The number of rotatable bonds is 1. The van der Waals surface area contributed by atoms with Crippen molar-refractivity contribution in [2.45, 2.75) is 26.7 Å². The summed E-state index contributed by atoms with van der Waals surface area (Å²) in [6.45, 7) is 3.86. The van der Waals surface area contributed by atoms with Crippen molar-refractivity contribution < 1.29 is 23.2 Å². The fourth-order valence-electron chi connectivity index (χ4n) is 2.77. The molecule has 0 fully saturated rings. The van der Waals surface area contributed by atoms with Gasteiger partial charge in [-0.15, -0.1) is 0 Å². The normalized spacial score (nSPS) is 16.8. The van der Waals surface area contributed by atoms with Crippen molar-refractivity contribution in [2.24, 2.45) is 5.41 Å². The first-order chi connectivity index (χ1) is 9.84. The molecule has 0 saturated heterocycles. The largest absolute Gasteiger partial charge is 0.465 e. The summed E-state index contributed by atoms with van der Waals surface area (Å²) in [7, 11) is 1.20. The van der Waals surface area contributed by atoms with Crippen LogP contribution >= 0.6 is 0 Å². The number of hydrogen-bond donors (Lipinski definition) is 0. The van der Waals surface area contributed by atoms with E-state index in [-0.39, 0.29) is 33.3 Å². The molecule has 3 rings (SSSR count). The van der Waals surface area contributed by atoms with Gasteiger partial charge in [-0.3, -0.25) is 4.79 Å². The van der Waals surface area contributed by atoms with E-state index in [0.29, 0.717) is 18.6 Å². The summed E-state index contributed by atoms with van der Waals surface area (Å²) < 4.78 is 15.2. The molecule has 2 aromatic heterocycles. The molecule has 2 aromatic rings. The van der Waals surface area contributed by atoms with Gasteiger partial charge in [0.2, 0.25) is 0 Å². The van der Waals surface area contributed by atoms with Crippen LogP contribution in [0.1, 0.15) is 46.7 Å². The van der Waals surface area contributed by atoms with Crippen molar-refractivity contribution in [1.29, 1.82) is 0 Å². The van der Waals surface area contributed by atoms with Gasteiger partial charge in [0.15, 0.2) is 11.4 Å². The van der Waals surface area contributed by atoms with Gasteiger partial charge in [-0.1, -0.05) is 13.8 Å². The second-order valence-corrected chi connectivity index (χ2v) is 5.97. The fraction of sp³-hybridized carbons (Fsp3) is 0.400. The first-order valence-corrected chi connectivity index (χ1v) is 6.53. The molecule has 6 heteroatoms. The standard InChI is InChI=1S/C15H14O6/c1-15(2)4-8(16)11-9(5-15)21-14(18)10-7(13(17)19-3)6-20-12(10)11/h6H,4-5H2,1-3H3. The lowest BCUT2D eigenvalue weighted by Crippen LogP contribution is -2.28. The number of methoxy groups -OCH3 is 1. The van der Waals surface area contributed by atoms with E-state index in [4.69, 9.17) is 8.83 Å². The Morgan fingerprint density at radius 1 is 1.29 bits per heavy atom. The summed E-state index contributed by atoms with van der Waals surface area (Å²) >= 11 is 0. The van der Waals surface area contributed by atoms with E-state index in [1.807, 2.05) is 13.8 Å².